The van der Waals surface area contributed by atoms with Crippen LogP contribution in [-0.4, -0.2) is 12.4 Å². The van der Waals surface area contributed by atoms with E-state index in [-0.39, 0.29) is 0 Å². The smallest absolute Gasteiger partial charge is 0.0991 e. The van der Waals surface area contributed by atoms with E-state index in [0.29, 0.717) is 0 Å². The third-order valence-corrected chi connectivity index (χ3v) is 1.57. The van der Waals surface area contributed by atoms with Crippen LogP contribution in [-0.2, 0) is 0 Å². The van der Waals surface area contributed by atoms with Gasteiger partial charge in [-0.05, 0) is 12.1 Å². The van der Waals surface area contributed by atoms with Gasteiger partial charge in [-0.25, -0.2) is 0 Å². The van der Waals surface area contributed by atoms with E-state index in [1.54, 1.807) is 49.6 Å². The zero-order chi connectivity index (χ0) is 9.64. The Hall–Kier alpha value is -2.10. The van der Waals surface area contributed by atoms with Crippen molar-refractivity contribution in [3.05, 3.63) is 48.3 Å². The first kappa shape index (κ1) is 8.50. The van der Waals surface area contributed by atoms with Gasteiger partial charge in [0, 0.05) is 11.1 Å². The summed E-state index contributed by atoms with van der Waals surface area (Å²) in [6, 6.07) is 3.60. The second-order valence-corrected chi connectivity index (χ2v) is 2.60. The van der Waals surface area contributed by atoms with Gasteiger partial charge in [0.2, 0.25) is 0 Å². The van der Waals surface area contributed by atoms with Crippen molar-refractivity contribution in [1.82, 2.24) is 0 Å². The maximum Gasteiger partial charge on any atom is 0.0991 e. The minimum Gasteiger partial charge on any atom is -0.472 e. The van der Waals surface area contributed by atoms with Crippen molar-refractivity contribution in [2.24, 2.45) is 10.2 Å². The topological polar surface area (TPSA) is 51.0 Å². The Morgan fingerprint density at radius 2 is 1.36 bits per heavy atom. The monoisotopic (exact) mass is 188 g/mol. The second kappa shape index (κ2) is 4.23. The summed E-state index contributed by atoms with van der Waals surface area (Å²) < 4.78 is 9.72. The summed E-state index contributed by atoms with van der Waals surface area (Å²) in [5, 5.41) is 7.66. The molecular formula is C10H8N2O2. The van der Waals surface area contributed by atoms with E-state index in [0.717, 1.165) is 11.1 Å². The lowest BCUT2D eigenvalue weighted by molar-refractivity contribution is 0.566. The summed E-state index contributed by atoms with van der Waals surface area (Å²) in [7, 11) is 0. The molecule has 0 aliphatic carbocycles. The first-order valence-corrected chi connectivity index (χ1v) is 4.06. The van der Waals surface area contributed by atoms with Gasteiger partial charge in [0.15, 0.2) is 0 Å². The summed E-state index contributed by atoms with van der Waals surface area (Å²) in [5.41, 5.74) is 1.77. The third-order valence-electron chi connectivity index (χ3n) is 1.57. The van der Waals surface area contributed by atoms with Crippen molar-refractivity contribution in [3.63, 3.8) is 0 Å². The molecule has 0 amide bonds. The number of rotatable bonds is 3. The first-order valence-electron chi connectivity index (χ1n) is 4.06. The predicted molar refractivity (Wildman–Crippen MR) is 52.6 cm³/mol. The summed E-state index contributed by atoms with van der Waals surface area (Å²) >= 11 is 0. The molecule has 14 heavy (non-hydrogen) atoms. The van der Waals surface area contributed by atoms with Crippen molar-refractivity contribution < 1.29 is 8.83 Å². The van der Waals surface area contributed by atoms with Gasteiger partial charge in [0.1, 0.15) is 0 Å². The largest absolute Gasteiger partial charge is 0.472 e. The maximum atomic E-state index is 4.86. The van der Waals surface area contributed by atoms with E-state index in [2.05, 4.69) is 10.2 Å². The minimum absolute atomic E-state index is 0.884. The molecule has 0 fully saturated rings. The van der Waals surface area contributed by atoms with Crippen LogP contribution in [0.2, 0.25) is 0 Å². The molecule has 2 aromatic heterocycles. The van der Waals surface area contributed by atoms with Crippen molar-refractivity contribution in [3.8, 4) is 0 Å². The molecule has 0 saturated heterocycles. The second-order valence-electron chi connectivity index (χ2n) is 2.60. The van der Waals surface area contributed by atoms with Gasteiger partial charge in [-0.1, -0.05) is 0 Å². The van der Waals surface area contributed by atoms with Crippen molar-refractivity contribution in [1.29, 1.82) is 0 Å². The molecule has 2 heterocycles. The van der Waals surface area contributed by atoms with E-state index in [4.69, 9.17) is 8.83 Å². The highest BCUT2D eigenvalue weighted by Crippen LogP contribution is 1.97. The average molecular weight is 188 g/mol. The summed E-state index contributed by atoms with van der Waals surface area (Å²) in [6.07, 6.45) is 9.58. The van der Waals surface area contributed by atoms with Gasteiger partial charge in [0.05, 0.1) is 37.5 Å². The van der Waals surface area contributed by atoms with Gasteiger partial charge in [0.25, 0.3) is 0 Å². The number of furan rings is 2. The molecule has 0 atom stereocenters. The fourth-order valence-corrected chi connectivity index (χ4v) is 0.897. The van der Waals surface area contributed by atoms with E-state index < -0.39 is 0 Å². The zero-order valence-corrected chi connectivity index (χ0v) is 7.33. The van der Waals surface area contributed by atoms with E-state index in [1.807, 2.05) is 0 Å². The predicted octanol–water partition coefficient (Wildman–Crippen LogP) is 2.33. The average Bonchev–Trinajstić information content (AvgIpc) is 2.86. The number of nitrogens with zero attached hydrogens (tertiary/aromatic N) is 2. The highest BCUT2D eigenvalue weighted by Gasteiger charge is 1.87. The fourth-order valence-electron chi connectivity index (χ4n) is 0.897. The molecule has 0 aliphatic rings. The van der Waals surface area contributed by atoms with Gasteiger partial charge in [-0.15, -0.1) is 0 Å². The standard InChI is InChI=1S/C10H8N2O2/c1-3-13-7-9(1)5-11-12-6-10-2-4-14-8-10/h1-8H/b11-5+,12-6+. The Balaban J connectivity index is 1.94. The molecule has 0 spiro atoms. The van der Waals surface area contributed by atoms with Crippen LogP contribution in [0.1, 0.15) is 11.1 Å². The summed E-state index contributed by atoms with van der Waals surface area (Å²) in [5.74, 6) is 0. The van der Waals surface area contributed by atoms with Crippen LogP contribution in [0, 0.1) is 0 Å². The lowest BCUT2D eigenvalue weighted by Crippen LogP contribution is -1.74. The van der Waals surface area contributed by atoms with E-state index >= 15 is 0 Å². The van der Waals surface area contributed by atoms with Crippen LogP contribution >= 0.6 is 0 Å². The molecular weight excluding hydrogens is 180 g/mol. The fraction of sp³-hybridized carbons (Fsp3) is 0. The molecule has 4 nitrogen and oxygen atoms in total. The highest BCUT2D eigenvalue weighted by atomic mass is 16.3. The van der Waals surface area contributed by atoms with Gasteiger partial charge in [-0.3, -0.25) is 0 Å². The van der Waals surface area contributed by atoms with Crippen LogP contribution in [0.4, 0.5) is 0 Å². The van der Waals surface area contributed by atoms with Gasteiger partial charge < -0.3 is 8.83 Å². The SMILES string of the molecule is C(=N\N=C\c1ccoc1)/c1ccoc1. The maximum absolute atomic E-state index is 4.86. The lowest BCUT2D eigenvalue weighted by Gasteiger charge is -1.79. The van der Waals surface area contributed by atoms with Crippen molar-refractivity contribution >= 4 is 12.4 Å². The molecule has 0 saturated carbocycles. The number of hydrogen-bond acceptors (Lipinski definition) is 4. The molecule has 0 N–H and O–H groups in total. The van der Waals surface area contributed by atoms with E-state index in [9.17, 15) is 0 Å². The molecule has 0 unspecified atom stereocenters. The van der Waals surface area contributed by atoms with Crippen LogP contribution in [0.25, 0.3) is 0 Å². The summed E-state index contributed by atoms with van der Waals surface area (Å²) in [4.78, 5) is 0. The zero-order valence-electron chi connectivity index (χ0n) is 7.33. The lowest BCUT2D eigenvalue weighted by atomic mass is 10.4. The Morgan fingerprint density at radius 3 is 1.71 bits per heavy atom. The molecule has 0 radical (unpaired) electrons. The molecule has 4 heteroatoms. The Bertz CT molecular complexity index is 371. The van der Waals surface area contributed by atoms with Crippen LogP contribution in [0.15, 0.2) is 56.2 Å². The van der Waals surface area contributed by atoms with Gasteiger partial charge in [-0.2, -0.15) is 10.2 Å². The normalized spacial score (nSPS) is 11.7. The molecule has 0 aromatic carbocycles. The third kappa shape index (κ3) is 2.20. The quantitative estimate of drug-likeness (QED) is 0.548. The summed E-state index contributed by atoms with van der Waals surface area (Å²) in [6.45, 7) is 0. The van der Waals surface area contributed by atoms with Crippen LogP contribution in [0.3, 0.4) is 0 Å². The van der Waals surface area contributed by atoms with Crippen molar-refractivity contribution in [2.75, 3.05) is 0 Å². The first-order chi connectivity index (χ1) is 6.95. The Kier molecular flexibility index (Phi) is 2.56. The van der Waals surface area contributed by atoms with Crippen LogP contribution in [0.5, 0.6) is 0 Å². The number of hydrogen-bond donors (Lipinski definition) is 0. The minimum atomic E-state index is 0.884. The van der Waals surface area contributed by atoms with Crippen molar-refractivity contribution in [2.45, 2.75) is 0 Å². The van der Waals surface area contributed by atoms with Crippen LogP contribution < -0.4 is 0 Å². The molecule has 0 bridgehead atoms. The Morgan fingerprint density at radius 1 is 0.857 bits per heavy atom. The van der Waals surface area contributed by atoms with E-state index in [1.165, 1.54) is 0 Å². The van der Waals surface area contributed by atoms with Gasteiger partial charge >= 0.3 is 0 Å². The molecule has 2 aromatic rings. The highest BCUT2D eigenvalue weighted by molar-refractivity contribution is 5.81. The molecule has 0 aliphatic heterocycles. The Labute approximate surface area is 80.6 Å². The molecule has 2 rings (SSSR count). The molecule has 70 valence electrons.